The van der Waals surface area contributed by atoms with Crippen LogP contribution in [0.5, 0.6) is 0 Å². The van der Waals surface area contributed by atoms with Crippen molar-refractivity contribution in [3.8, 4) is 0 Å². The highest BCUT2D eigenvalue weighted by molar-refractivity contribution is 7.89. The molecule has 0 aliphatic rings. The van der Waals surface area contributed by atoms with Crippen LogP contribution in [0.15, 0.2) is 53.4 Å². The number of amides is 1. The molecule has 8 heteroatoms. The molecule has 26 heavy (non-hydrogen) atoms. The minimum absolute atomic E-state index is 0.179. The van der Waals surface area contributed by atoms with Gasteiger partial charge in [-0.15, -0.1) is 0 Å². The quantitative estimate of drug-likeness (QED) is 0.681. The molecule has 0 heterocycles. The Balaban J connectivity index is 1.95. The van der Waals surface area contributed by atoms with Gasteiger partial charge in [-0.2, -0.15) is 0 Å². The predicted octanol–water partition coefficient (Wildman–Crippen LogP) is 3.62. The maximum Gasteiger partial charge on any atom is 0.244 e. The molecular weight excluding hydrogens is 395 g/mol. The number of halogens is 2. The molecule has 0 radical (unpaired) electrons. The van der Waals surface area contributed by atoms with Gasteiger partial charge in [0.25, 0.3) is 0 Å². The van der Waals surface area contributed by atoms with Gasteiger partial charge in [-0.25, -0.2) is 13.1 Å². The highest BCUT2D eigenvalue weighted by atomic mass is 35.5. The monoisotopic (exact) mass is 412 g/mol. The van der Waals surface area contributed by atoms with Crippen LogP contribution in [0.25, 0.3) is 6.08 Å². The summed E-state index contributed by atoms with van der Waals surface area (Å²) in [6, 6.07) is 11.3. The van der Waals surface area contributed by atoms with Crippen molar-refractivity contribution in [2.75, 3.05) is 6.54 Å². The summed E-state index contributed by atoms with van der Waals surface area (Å²) >= 11 is 11.9. The number of carbonyl (C=O) groups is 1. The van der Waals surface area contributed by atoms with E-state index >= 15 is 0 Å². The molecule has 0 saturated carbocycles. The first-order valence-corrected chi connectivity index (χ1v) is 10.1. The van der Waals surface area contributed by atoms with Gasteiger partial charge in [0.2, 0.25) is 15.9 Å². The zero-order chi connectivity index (χ0) is 19.2. The fourth-order valence-corrected chi connectivity index (χ4v) is 3.63. The standard InChI is InChI=1S/C18H18Cl2N2O3S/c1-2-22-26(24,25)16-8-3-13(4-9-16)5-10-18(23)21-12-14-6-7-15(19)11-17(14)20/h3-11,22H,2,12H2,1H3,(H,21,23)/b10-5+. The van der Waals surface area contributed by atoms with Crippen molar-refractivity contribution in [1.82, 2.24) is 10.0 Å². The van der Waals surface area contributed by atoms with E-state index in [0.717, 1.165) is 5.56 Å². The van der Waals surface area contributed by atoms with Crippen LogP contribution in [0.3, 0.4) is 0 Å². The maximum atomic E-state index is 11.9. The van der Waals surface area contributed by atoms with E-state index in [9.17, 15) is 13.2 Å². The highest BCUT2D eigenvalue weighted by Gasteiger charge is 2.11. The number of sulfonamides is 1. The topological polar surface area (TPSA) is 75.3 Å². The van der Waals surface area contributed by atoms with Gasteiger partial charge >= 0.3 is 0 Å². The molecule has 0 spiro atoms. The van der Waals surface area contributed by atoms with Gasteiger partial charge in [-0.1, -0.05) is 48.3 Å². The van der Waals surface area contributed by atoms with Gasteiger partial charge in [0.05, 0.1) is 4.90 Å². The van der Waals surface area contributed by atoms with Gasteiger partial charge in [0.15, 0.2) is 0 Å². The summed E-state index contributed by atoms with van der Waals surface area (Å²) in [6.45, 7) is 2.31. The zero-order valence-electron chi connectivity index (χ0n) is 14.0. The van der Waals surface area contributed by atoms with Crippen LogP contribution in [-0.4, -0.2) is 20.9 Å². The lowest BCUT2D eigenvalue weighted by Gasteiger charge is -2.06. The van der Waals surface area contributed by atoms with E-state index in [-0.39, 0.29) is 17.3 Å². The van der Waals surface area contributed by atoms with Crippen molar-refractivity contribution in [3.63, 3.8) is 0 Å². The predicted molar refractivity (Wildman–Crippen MR) is 105 cm³/mol. The van der Waals surface area contributed by atoms with Crippen molar-refractivity contribution in [3.05, 3.63) is 69.7 Å². The fraction of sp³-hybridized carbons (Fsp3) is 0.167. The van der Waals surface area contributed by atoms with Crippen molar-refractivity contribution >= 4 is 45.2 Å². The first-order valence-electron chi connectivity index (χ1n) is 7.81. The number of benzene rings is 2. The number of nitrogens with one attached hydrogen (secondary N) is 2. The Bertz CT molecular complexity index is 911. The minimum atomic E-state index is -3.48. The van der Waals surface area contributed by atoms with Gasteiger partial charge in [0.1, 0.15) is 0 Å². The second-order valence-electron chi connectivity index (χ2n) is 5.36. The first kappa shape index (κ1) is 20.5. The molecule has 1 amide bonds. The van der Waals surface area contributed by atoms with Crippen molar-refractivity contribution < 1.29 is 13.2 Å². The number of rotatable bonds is 7. The molecule has 0 bridgehead atoms. The normalized spacial score (nSPS) is 11.7. The molecule has 0 saturated heterocycles. The Morgan fingerprint density at radius 1 is 1.12 bits per heavy atom. The first-order chi connectivity index (χ1) is 12.3. The van der Waals surface area contributed by atoms with Crippen LogP contribution in [0.2, 0.25) is 10.0 Å². The van der Waals surface area contributed by atoms with Crippen LogP contribution < -0.4 is 10.0 Å². The van der Waals surface area contributed by atoms with Crippen molar-refractivity contribution in [1.29, 1.82) is 0 Å². The third kappa shape index (κ3) is 5.85. The summed E-state index contributed by atoms with van der Waals surface area (Å²) in [5.41, 5.74) is 1.47. The third-order valence-corrected chi connectivity index (χ3v) is 5.57. The number of hydrogen-bond donors (Lipinski definition) is 2. The molecule has 0 fully saturated rings. The summed E-state index contributed by atoms with van der Waals surface area (Å²) in [4.78, 5) is 12.1. The van der Waals surface area contributed by atoms with Crippen LogP contribution in [0.4, 0.5) is 0 Å². The molecular formula is C18H18Cl2N2O3S. The molecule has 2 N–H and O–H groups in total. The van der Waals surface area contributed by atoms with Crippen LogP contribution in [0.1, 0.15) is 18.1 Å². The van der Waals surface area contributed by atoms with Crippen LogP contribution in [0, 0.1) is 0 Å². The van der Waals surface area contributed by atoms with E-state index in [2.05, 4.69) is 10.0 Å². The SMILES string of the molecule is CCNS(=O)(=O)c1ccc(/C=C/C(=O)NCc2ccc(Cl)cc2Cl)cc1. The van der Waals surface area contributed by atoms with Gasteiger partial charge in [-0.05, 0) is 41.5 Å². The minimum Gasteiger partial charge on any atom is -0.348 e. The Labute approximate surface area is 163 Å². The van der Waals surface area contributed by atoms with Crippen LogP contribution in [-0.2, 0) is 21.4 Å². The highest BCUT2D eigenvalue weighted by Crippen LogP contribution is 2.20. The Morgan fingerprint density at radius 2 is 1.81 bits per heavy atom. The lowest BCUT2D eigenvalue weighted by Crippen LogP contribution is -2.23. The van der Waals surface area contributed by atoms with Crippen LogP contribution >= 0.6 is 23.2 Å². The smallest absolute Gasteiger partial charge is 0.244 e. The van der Waals surface area contributed by atoms with E-state index in [1.807, 2.05) is 0 Å². The third-order valence-electron chi connectivity index (χ3n) is 3.42. The molecule has 5 nitrogen and oxygen atoms in total. The second-order valence-corrected chi connectivity index (χ2v) is 7.97. The molecule has 0 atom stereocenters. The molecule has 2 rings (SSSR count). The largest absolute Gasteiger partial charge is 0.348 e. The molecule has 2 aromatic rings. The maximum absolute atomic E-state index is 11.9. The van der Waals surface area contributed by atoms with Gasteiger partial charge in [0, 0.05) is 29.2 Å². The average Bonchev–Trinajstić information content (AvgIpc) is 2.59. The average molecular weight is 413 g/mol. The molecule has 0 aromatic heterocycles. The molecule has 0 aliphatic heterocycles. The number of hydrogen-bond acceptors (Lipinski definition) is 3. The summed E-state index contributed by atoms with van der Waals surface area (Å²) in [7, 11) is -3.48. The second kappa shape index (κ2) is 9.19. The molecule has 138 valence electrons. The van der Waals surface area contributed by atoms with E-state index in [1.54, 1.807) is 43.3 Å². The zero-order valence-corrected chi connectivity index (χ0v) is 16.3. The van der Waals surface area contributed by atoms with E-state index < -0.39 is 10.0 Å². The van der Waals surface area contributed by atoms with E-state index in [4.69, 9.17) is 23.2 Å². The lowest BCUT2D eigenvalue weighted by atomic mass is 10.2. The Kier molecular flexibility index (Phi) is 7.23. The van der Waals surface area contributed by atoms with E-state index in [1.165, 1.54) is 18.2 Å². The van der Waals surface area contributed by atoms with E-state index in [0.29, 0.717) is 22.2 Å². The summed E-state index contributed by atoms with van der Waals surface area (Å²) < 4.78 is 26.2. The Hall–Kier alpha value is -1.86. The Morgan fingerprint density at radius 3 is 2.42 bits per heavy atom. The summed E-state index contributed by atoms with van der Waals surface area (Å²) in [5.74, 6) is -0.291. The van der Waals surface area contributed by atoms with Gasteiger partial charge in [-0.3, -0.25) is 4.79 Å². The molecule has 0 aliphatic carbocycles. The molecule has 2 aromatic carbocycles. The van der Waals surface area contributed by atoms with Gasteiger partial charge < -0.3 is 5.32 Å². The lowest BCUT2D eigenvalue weighted by molar-refractivity contribution is -0.116. The summed E-state index contributed by atoms with van der Waals surface area (Å²) in [5, 5.41) is 3.74. The summed E-state index contributed by atoms with van der Waals surface area (Å²) in [6.07, 6.45) is 2.97. The fourth-order valence-electron chi connectivity index (χ4n) is 2.11. The van der Waals surface area contributed by atoms with Crippen molar-refractivity contribution in [2.24, 2.45) is 0 Å². The van der Waals surface area contributed by atoms with Crippen molar-refractivity contribution in [2.45, 2.75) is 18.4 Å². The number of carbonyl (C=O) groups excluding carboxylic acids is 1. The molecule has 0 unspecified atom stereocenters.